The maximum atomic E-state index is 9.59. The molecule has 3 aromatic carbocycles. The molecule has 0 N–H and O–H groups in total. The van der Waals surface area contributed by atoms with Crippen LogP contribution in [-0.2, 0) is 0 Å². The molecule has 0 spiro atoms. The number of nitrogens with zero attached hydrogens (tertiary/aromatic N) is 2. The van der Waals surface area contributed by atoms with Gasteiger partial charge < -0.3 is 0 Å². The zero-order valence-corrected chi connectivity index (χ0v) is 16.3. The number of hydrogen-bond acceptors (Lipinski definition) is 3. The molecule has 0 saturated carbocycles. The van der Waals surface area contributed by atoms with E-state index in [0.717, 1.165) is 21.8 Å². The zero-order chi connectivity index (χ0) is 19.3. The Morgan fingerprint density at radius 3 is 2.18 bits per heavy atom. The van der Waals surface area contributed by atoms with Crippen LogP contribution in [0.2, 0.25) is 0 Å². The van der Waals surface area contributed by atoms with E-state index in [0.29, 0.717) is 5.57 Å². The molecule has 134 valence electrons. The van der Waals surface area contributed by atoms with E-state index in [1.807, 2.05) is 53.9 Å². The third kappa shape index (κ3) is 3.93. The van der Waals surface area contributed by atoms with E-state index in [4.69, 9.17) is 4.98 Å². The summed E-state index contributed by atoms with van der Waals surface area (Å²) < 4.78 is 0. The molecule has 0 saturated heterocycles. The molecule has 0 atom stereocenters. The molecule has 0 aliphatic carbocycles. The number of benzene rings is 3. The number of rotatable bonds is 4. The molecular weight excluding hydrogens is 360 g/mol. The van der Waals surface area contributed by atoms with Gasteiger partial charge in [-0.3, -0.25) is 0 Å². The van der Waals surface area contributed by atoms with Gasteiger partial charge in [-0.25, -0.2) is 4.98 Å². The monoisotopic (exact) mass is 378 g/mol. The van der Waals surface area contributed by atoms with Gasteiger partial charge in [0.2, 0.25) is 0 Å². The number of aromatic nitrogens is 1. The van der Waals surface area contributed by atoms with E-state index in [1.165, 1.54) is 28.0 Å². The number of hydrogen-bond donors (Lipinski definition) is 0. The summed E-state index contributed by atoms with van der Waals surface area (Å²) in [6.07, 6.45) is 1.89. The van der Waals surface area contributed by atoms with Crippen molar-refractivity contribution >= 4 is 23.0 Å². The van der Waals surface area contributed by atoms with Crippen LogP contribution in [0.1, 0.15) is 16.1 Å². The van der Waals surface area contributed by atoms with Crippen LogP contribution in [0.25, 0.3) is 34.0 Å². The first-order chi connectivity index (χ1) is 13.7. The highest BCUT2D eigenvalue weighted by molar-refractivity contribution is 7.11. The van der Waals surface area contributed by atoms with Gasteiger partial charge in [0.25, 0.3) is 0 Å². The summed E-state index contributed by atoms with van der Waals surface area (Å²) >= 11 is 1.50. The minimum atomic E-state index is 0.584. The van der Waals surface area contributed by atoms with Gasteiger partial charge in [0.1, 0.15) is 11.1 Å². The largest absolute Gasteiger partial charge is 0.235 e. The van der Waals surface area contributed by atoms with Crippen LogP contribution >= 0.6 is 11.3 Å². The third-order valence-corrected chi connectivity index (χ3v) is 5.41. The summed E-state index contributed by atoms with van der Waals surface area (Å²) in [6, 6.07) is 29.1. The van der Waals surface area contributed by atoms with Crippen molar-refractivity contribution in [3.05, 3.63) is 100 Å². The van der Waals surface area contributed by atoms with Crippen LogP contribution in [0, 0.1) is 18.3 Å². The lowest BCUT2D eigenvalue weighted by Crippen LogP contribution is -1.84. The Kier molecular flexibility index (Phi) is 5.14. The topological polar surface area (TPSA) is 36.7 Å². The van der Waals surface area contributed by atoms with E-state index in [-0.39, 0.29) is 0 Å². The average molecular weight is 379 g/mol. The predicted octanol–water partition coefficient (Wildman–Crippen LogP) is 6.85. The van der Waals surface area contributed by atoms with E-state index in [9.17, 15) is 5.26 Å². The summed E-state index contributed by atoms with van der Waals surface area (Å²) in [6.45, 7) is 2.05. The van der Waals surface area contributed by atoms with Crippen molar-refractivity contribution in [3.63, 3.8) is 0 Å². The fourth-order valence-corrected chi connectivity index (χ4v) is 3.76. The highest BCUT2D eigenvalue weighted by Gasteiger charge is 2.09. The molecule has 1 heterocycles. The third-order valence-electron chi connectivity index (χ3n) is 4.53. The lowest BCUT2D eigenvalue weighted by atomic mass is 10.0. The minimum absolute atomic E-state index is 0.584. The Morgan fingerprint density at radius 1 is 0.857 bits per heavy atom. The zero-order valence-electron chi connectivity index (χ0n) is 15.5. The summed E-state index contributed by atoms with van der Waals surface area (Å²) in [4.78, 5) is 4.70. The van der Waals surface area contributed by atoms with Gasteiger partial charge in [0, 0.05) is 10.9 Å². The Bertz CT molecular complexity index is 1150. The Balaban J connectivity index is 1.60. The summed E-state index contributed by atoms with van der Waals surface area (Å²) in [5.74, 6) is 0. The molecule has 0 amide bonds. The Labute approximate surface area is 169 Å². The van der Waals surface area contributed by atoms with Crippen LogP contribution in [0.3, 0.4) is 0 Å². The van der Waals surface area contributed by atoms with Crippen LogP contribution in [0.15, 0.2) is 84.2 Å². The standard InChI is InChI=1S/C25H18N2S/c1-18-7-9-19(10-8-18)15-23(16-26)25-27-24(17-28-25)22-13-11-21(12-14-22)20-5-3-2-4-6-20/h2-15,17H,1H3/b23-15+. The van der Waals surface area contributed by atoms with Crippen molar-refractivity contribution < 1.29 is 0 Å². The van der Waals surface area contributed by atoms with Crippen molar-refractivity contribution in [3.8, 4) is 28.5 Å². The molecule has 0 radical (unpaired) electrons. The Morgan fingerprint density at radius 2 is 1.50 bits per heavy atom. The van der Waals surface area contributed by atoms with Crippen molar-refractivity contribution in [1.29, 1.82) is 5.26 Å². The SMILES string of the molecule is Cc1ccc(/C=C(\C#N)c2nc(-c3ccc(-c4ccccc4)cc3)cs2)cc1. The molecule has 0 unspecified atom stereocenters. The second-order valence-electron chi connectivity index (χ2n) is 6.56. The first-order valence-electron chi connectivity index (χ1n) is 9.03. The van der Waals surface area contributed by atoms with Gasteiger partial charge in [-0.2, -0.15) is 5.26 Å². The molecule has 0 bridgehead atoms. The molecule has 28 heavy (non-hydrogen) atoms. The van der Waals surface area contributed by atoms with Crippen LogP contribution in [0.4, 0.5) is 0 Å². The summed E-state index contributed by atoms with van der Waals surface area (Å²) in [5.41, 5.74) is 7.11. The second kappa shape index (κ2) is 8.04. The molecule has 1 aromatic heterocycles. The number of thiazole rings is 1. The van der Waals surface area contributed by atoms with Crippen molar-refractivity contribution in [2.75, 3.05) is 0 Å². The number of aryl methyl sites for hydroxylation is 1. The highest BCUT2D eigenvalue weighted by Crippen LogP contribution is 2.29. The maximum Gasteiger partial charge on any atom is 0.134 e. The Hall–Kier alpha value is -3.48. The highest BCUT2D eigenvalue weighted by atomic mass is 32.1. The molecule has 0 aliphatic rings. The lowest BCUT2D eigenvalue weighted by molar-refractivity contribution is 1.37. The average Bonchev–Trinajstić information content (AvgIpc) is 3.24. The van der Waals surface area contributed by atoms with Gasteiger partial charge in [0.05, 0.1) is 11.3 Å². The first kappa shape index (κ1) is 17.9. The molecule has 3 heteroatoms. The fraction of sp³-hybridized carbons (Fsp3) is 0.0400. The molecule has 0 aliphatic heterocycles. The summed E-state index contributed by atoms with van der Waals surface area (Å²) in [5, 5.41) is 12.3. The van der Waals surface area contributed by atoms with Crippen molar-refractivity contribution in [1.82, 2.24) is 4.98 Å². The van der Waals surface area contributed by atoms with Crippen LogP contribution < -0.4 is 0 Å². The van der Waals surface area contributed by atoms with Crippen LogP contribution in [-0.4, -0.2) is 4.98 Å². The molecular formula is C25H18N2S. The molecule has 2 nitrogen and oxygen atoms in total. The van der Waals surface area contributed by atoms with Gasteiger partial charge in [-0.1, -0.05) is 84.4 Å². The van der Waals surface area contributed by atoms with Gasteiger partial charge in [-0.05, 0) is 29.7 Å². The van der Waals surface area contributed by atoms with Crippen LogP contribution in [0.5, 0.6) is 0 Å². The van der Waals surface area contributed by atoms with Gasteiger partial charge in [-0.15, -0.1) is 11.3 Å². The van der Waals surface area contributed by atoms with E-state index in [1.54, 1.807) is 0 Å². The second-order valence-corrected chi connectivity index (χ2v) is 7.42. The number of nitriles is 1. The first-order valence-corrected chi connectivity index (χ1v) is 9.91. The molecule has 0 fully saturated rings. The smallest absolute Gasteiger partial charge is 0.134 e. The molecule has 4 rings (SSSR count). The summed E-state index contributed by atoms with van der Waals surface area (Å²) in [7, 11) is 0. The predicted molar refractivity (Wildman–Crippen MR) is 118 cm³/mol. The van der Waals surface area contributed by atoms with E-state index in [2.05, 4.69) is 49.4 Å². The van der Waals surface area contributed by atoms with Gasteiger partial charge >= 0.3 is 0 Å². The normalized spacial score (nSPS) is 11.2. The molecule has 4 aromatic rings. The van der Waals surface area contributed by atoms with E-state index < -0.39 is 0 Å². The quantitative estimate of drug-likeness (QED) is 0.364. The minimum Gasteiger partial charge on any atom is -0.235 e. The van der Waals surface area contributed by atoms with Gasteiger partial charge in [0.15, 0.2) is 0 Å². The van der Waals surface area contributed by atoms with Crippen molar-refractivity contribution in [2.45, 2.75) is 6.92 Å². The fourth-order valence-electron chi connectivity index (χ4n) is 2.97. The van der Waals surface area contributed by atoms with Crippen molar-refractivity contribution in [2.24, 2.45) is 0 Å². The lowest BCUT2D eigenvalue weighted by Gasteiger charge is -2.02. The number of allylic oxidation sites excluding steroid dienone is 1. The van der Waals surface area contributed by atoms with E-state index >= 15 is 0 Å². The maximum absolute atomic E-state index is 9.59.